The lowest BCUT2D eigenvalue weighted by Gasteiger charge is -2.35. The second-order valence-electron chi connectivity index (χ2n) is 6.86. The molecule has 0 amide bonds. The van der Waals surface area contributed by atoms with Gasteiger partial charge in [-0.1, -0.05) is 30.3 Å². The van der Waals surface area contributed by atoms with Gasteiger partial charge in [0.15, 0.2) is 17.8 Å². The first-order valence-corrected chi connectivity index (χ1v) is 8.88. The Kier molecular flexibility index (Phi) is 2.67. The Hall–Kier alpha value is -2.87. The van der Waals surface area contributed by atoms with E-state index < -0.39 is 0 Å². The summed E-state index contributed by atoms with van der Waals surface area (Å²) in [5.41, 5.74) is 2.01. The molecule has 3 aromatic rings. The lowest BCUT2D eigenvalue weighted by molar-refractivity contribution is 0.411. The van der Waals surface area contributed by atoms with Crippen molar-refractivity contribution in [2.45, 2.75) is 25.4 Å². The van der Waals surface area contributed by atoms with E-state index in [1.807, 2.05) is 33.8 Å². The van der Waals surface area contributed by atoms with Gasteiger partial charge in [-0.3, -0.25) is 4.57 Å². The van der Waals surface area contributed by atoms with Gasteiger partial charge in [0.2, 0.25) is 5.28 Å². The van der Waals surface area contributed by atoms with Gasteiger partial charge in [0, 0.05) is 11.5 Å². The highest BCUT2D eigenvalue weighted by Crippen LogP contribution is 2.47. The Morgan fingerprint density at radius 3 is 2.96 bits per heavy atom. The van der Waals surface area contributed by atoms with Crippen LogP contribution in [0.3, 0.4) is 0 Å². The summed E-state index contributed by atoms with van der Waals surface area (Å²) in [6, 6.07) is 8.42. The number of rotatable bonds is 2. The first kappa shape index (κ1) is 14.3. The van der Waals surface area contributed by atoms with Crippen molar-refractivity contribution in [2.24, 2.45) is 10.9 Å². The Morgan fingerprint density at radius 2 is 2.12 bits per heavy atom. The standard InChI is InChI=1S/C17H14ClN7O/c1-9-6-11(9)14-21-17(26-22-14)23-8-20-15-10-4-2-3-5-12(10)24-13(25(15)23)7-19-16(24)18/h2-5,7-9,11,15H,6H2,1H3. The topological polar surface area (TPSA) is 75.6 Å². The predicted molar refractivity (Wildman–Crippen MR) is 95.6 cm³/mol. The molecule has 6 rings (SSSR count). The number of hydrazine groups is 1. The van der Waals surface area contributed by atoms with Gasteiger partial charge >= 0.3 is 6.01 Å². The molecule has 0 bridgehead atoms. The van der Waals surface area contributed by atoms with E-state index in [1.165, 1.54) is 0 Å². The maximum Gasteiger partial charge on any atom is 0.348 e. The number of anilines is 2. The van der Waals surface area contributed by atoms with Crippen LogP contribution in [0.15, 0.2) is 40.0 Å². The van der Waals surface area contributed by atoms with E-state index in [4.69, 9.17) is 16.1 Å². The third kappa shape index (κ3) is 1.79. The van der Waals surface area contributed by atoms with Crippen molar-refractivity contribution in [1.82, 2.24) is 19.7 Å². The number of hydrogen-bond acceptors (Lipinski definition) is 7. The van der Waals surface area contributed by atoms with Gasteiger partial charge in [0.05, 0.1) is 11.9 Å². The lowest BCUT2D eigenvalue weighted by Crippen LogP contribution is -2.42. The van der Waals surface area contributed by atoms with Crippen LogP contribution in [0, 0.1) is 5.92 Å². The summed E-state index contributed by atoms with van der Waals surface area (Å²) in [5.74, 6) is 2.57. The third-order valence-electron chi connectivity index (χ3n) is 5.24. The van der Waals surface area contributed by atoms with Crippen LogP contribution >= 0.6 is 11.6 Å². The molecule has 130 valence electrons. The van der Waals surface area contributed by atoms with Gasteiger partial charge in [0.1, 0.15) is 6.34 Å². The molecular weight excluding hydrogens is 354 g/mol. The number of hydrogen-bond donors (Lipinski definition) is 0. The molecule has 3 unspecified atom stereocenters. The molecular formula is C17H14ClN7O. The molecule has 2 aliphatic heterocycles. The smallest absolute Gasteiger partial charge is 0.313 e. The molecule has 3 atom stereocenters. The summed E-state index contributed by atoms with van der Waals surface area (Å²) < 4.78 is 7.42. The van der Waals surface area contributed by atoms with Gasteiger partial charge in [0.25, 0.3) is 0 Å². The number of para-hydroxylation sites is 1. The number of nitrogens with zero attached hydrogens (tertiary/aromatic N) is 7. The number of halogens is 1. The minimum absolute atomic E-state index is 0.221. The van der Waals surface area contributed by atoms with Gasteiger partial charge in [-0.25, -0.2) is 15.0 Å². The summed E-state index contributed by atoms with van der Waals surface area (Å²) >= 11 is 6.35. The molecule has 3 aliphatic rings. The van der Waals surface area contributed by atoms with Crippen LogP contribution in [0.1, 0.15) is 36.8 Å². The molecule has 8 nitrogen and oxygen atoms in total. The van der Waals surface area contributed by atoms with Crippen molar-refractivity contribution in [1.29, 1.82) is 0 Å². The van der Waals surface area contributed by atoms with Crippen LogP contribution in [0.2, 0.25) is 5.28 Å². The Labute approximate surface area is 153 Å². The highest BCUT2D eigenvalue weighted by molar-refractivity contribution is 6.29. The first-order valence-electron chi connectivity index (χ1n) is 8.50. The van der Waals surface area contributed by atoms with E-state index in [2.05, 4.69) is 27.0 Å². The molecule has 0 N–H and O–H groups in total. The van der Waals surface area contributed by atoms with Gasteiger partial charge in [-0.15, -0.1) is 0 Å². The zero-order valence-corrected chi connectivity index (χ0v) is 14.6. The van der Waals surface area contributed by atoms with E-state index in [-0.39, 0.29) is 6.17 Å². The zero-order chi connectivity index (χ0) is 17.4. The van der Waals surface area contributed by atoms with Crippen LogP contribution in [0.25, 0.3) is 5.69 Å². The number of imidazole rings is 1. The normalized spacial score (nSPS) is 25.2. The average Bonchev–Trinajstić information content (AvgIpc) is 3.05. The summed E-state index contributed by atoms with van der Waals surface area (Å²) in [4.78, 5) is 13.5. The molecule has 4 heterocycles. The Bertz CT molecular complexity index is 1060. The monoisotopic (exact) mass is 367 g/mol. The molecule has 1 aromatic carbocycles. The Morgan fingerprint density at radius 1 is 1.27 bits per heavy atom. The van der Waals surface area contributed by atoms with Crippen LogP contribution < -0.4 is 10.0 Å². The van der Waals surface area contributed by atoms with Crippen molar-refractivity contribution >= 4 is 29.8 Å². The molecule has 0 spiro atoms. The molecule has 1 saturated carbocycles. The molecule has 9 heteroatoms. The largest absolute Gasteiger partial charge is 0.348 e. The van der Waals surface area contributed by atoms with Gasteiger partial charge < -0.3 is 4.52 Å². The van der Waals surface area contributed by atoms with Crippen LogP contribution in [-0.2, 0) is 0 Å². The molecule has 1 aliphatic carbocycles. The molecule has 1 fully saturated rings. The minimum Gasteiger partial charge on any atom is -0.313 e. The molecule has 0 saturated heterocycles. The number of fused-ring (bicyclic) bond motifs is 6. The van der Waals surface area contributed by atoms with E-state index in [0.29, 0.717) is 23.1 Å². The van der Waals surface area contributed by atoms with Gasteiger partial charge in [-0.05, 0) is 30.0 Å². The second kappa shape index (κ2) is 4.85. The summed E-state index contributed by atoms with van der Waals surface area (Å²) in [7, 11) is 0. The van der Waals surface area contributed by atoms with E-state index in [1.54, 1.807) is 17.5 Å². The number of aliphatic imine (C=N–C) groups is 1. The number of aromatic nitrogens is 4. The lowest BCUT2D eigenvalue weighted by atomic mass is 10.1. The van der Waals surface area contributed by atoms with Crippen LogP contribution in [-0.4, -0.2) is 26.0 Å². The molecule has 2 aromatic heterocycles. The predicted octanol–water partition coefficient (Wildman–Crippen LogP) is 3.31. The van der Waals surface area contributed by atoms with Crippen molar-refractivity contribution < 1.29 is 4.52 Å². The maximum absolute atomic E-state index is 6.35. The fraction of sp³-hybridized carbons (Fsp3) is 0.294. The Balaban J connectivity index is 1.47. The highest BCUT2D eigenvalue weighted by Gasteiger charge is 2.43. The van der Waals surface area contributed by atoms with E-state index in [0.717, 1.165) is 29.3 Å². The summed E-state index contributed by atoms with van der Waals surface area (Å²) in [6.07, 6.45) is 4.33. The average molecular weight is 368 g/mol. The minimum atomic E-state index is -0.221. The van der Waals surface area contributed by atoms with E-state index in [9.17, 15) is 0 Å². The van der Waals surface area contributed by atoms with Crippen LogP contribution in [0.5, 0.6) is 0 Å². The summed E-state index contributed by atoms with van der Waals surface area (Å²) in [6.45, 7) is 2.19. The quantitative estimate of drug-likeness (QED) is 0.691. The zero-order valence-electron chi connectivity index (χ0n) is 13.8. The SMILES string of the molecule is CC1CC1c1noc(N2C=NC3c4ccccc4-n4c(cnc4Cl)N32)n1. The maximum atomic E-state index is 6.35. The van der Waals surface area contributed by atoms with Crippen LogP contribution in [0.4, 0.5) is 11.8 Å². The second-order valence-corrected chi connectivity index (χ2v) is 7.20. The van der Waals surface area contributed by atoms with Crippen molar-refractivity contribution in [3.63, 3.8) is 0 Å². The number of benzene rings is 1. The molecule has 0 radical (unpaired) electrons. The van der Waals surface area contributed by atoms with Crippen molar-refractivity contribution in [2.75, 3.05) is 10.0 Å². The van der Waals surface area contributed by atoms with E-state index >= 15 is 0 Å². The van der Waals surface area contributed by atoms with Crippen molar-refractivity contribution in [3.05, 3.63) is 47.1 Å². The fourth-order valence-electron chi connectivity index (χ4n) is 3.72. The highest BCUT2D eigenvalue weighted by atomic mass is 35.5. The fourth-order valence-corrected chi connectivity index (χ4v) is 3.95. The van der Waals surface area contributed by atoms with Crippen molar-refractivity contribution in [3.8, 4) is 5.69 Å². The summed E-state index contributed by atoms with van der Waals surface area (Å²) in [5, 5.41) is 8.29. The first-order chi connectivity index (χ1) is 12.7. The van der Waals surface area contributed by atoms with Gasteiger partial charge in [-0.2, -0.15) is 9.99 Å². The molecule has 26 heavy (non-hydrogen) atoms. The third-order valence-corrected chi connectivity index (χ3v) is 5.51.